The summed E-state index contributed by atoms with van der Waals surface area (Å²) in [5.41, 5.74) is 4.67. The predicted molar refractivity (Wildman–Crippen MR) is 43.6 cm³/mol. The van der Waals surface area contributed by atoms with Crippen molar-refractivity contribution in [1.82, 2.24) is 4.98 Å². The van der Waals surface area contributed by atoms with Gasteiger partial charge < -0.3 is 10.5 Å². The lowest BCUT2D eigenvalue weighted by atomic mass is 10.1. The van der Waals surface area contributed by atoms with Gasteiger partial charge in [-0.25, -0.2) is 13.8 Å². The van der Waals surface area contributed by atoms with Gasteiger partial charge in [-0.2, -0.15) is 4.39 Å². The molecule has 0 unspecified atom stereocenters. The van der Waals surface area contributed by atoms with E-state index in [0.717, 1.165) is 6.20 Å². The molecule has 0 saturated heterocycles. The van der Waals surface area contributed by atoms with E-state index in [4.69, 9.17) is 5.73 Å². The highest BCUT2D eigenvalue weighted by Gasteiger charge is 2.22. The molecule has 0 spiro atoms. The van der Waals surface area contributed by atoms with Crippen LogP contribution in [0.15, 0.2) is 6.20 Å². The lowest BCUT2D eigenvalue weighted by Crippen LogP contribution is -2.06. The van der Waals surface area contributed by atoms with Gasteiger partial charge in [-0.3, -0.25) is 0 Å². The maximum Gasteiger partial charge on any atom is 0.271 e. The highest BCUT2D eigenvalue weighted by atomic mass is 19.3. The van der Waals surface area contributed by atoms with Crippen LogP contribution < -0.4 is 10.5 Å². The summed E-state index contributed by atoms with van der Waals surface area (Å²) in [6.45, 7) is -0.0316. The monoisotopic (exact) mass is 206 g/mol. The first-order chi connectivity index (χ1) is 6.61. The van der Waals surface area contributed by atoms with Crippen molar-refractivity contribution in [2.24, 2.45) is 5.73 Å². The number of nitrogens with zero attached hydrogens (tertiary/aromatic N) is 1. The number of ether oxygens (including phenoxy) is 1. The molecule has 1 aromatic rings. The Morgan fingerprint density at radius 2 is 2.21 bits per heavy atom. The van der Waals surface area contributed by atoms with E-state index < -0.39 is 17.9 Å². The van der Waals surface area contributed by atoms with E-state index in [1.165, 1.54) is 7.11 Å². The maximum absolute atomic E-state index is 12.9. The summed E-state index contributed by atoms with van der Waals surface area (Å²) < 4.78 is 42.3. The molecule has 1 rings (SSSR count). The first kappa shape index (κ1) is 10.8. The standard InChI is InChI=1S/C8H9F3N2O/c1-14-6-4(2-12)3-13-8(11)5(6)7(9)10/h3,7H,2,12H2,1H3. The molecule has 0 radical (unpaired) electrons. The van der Waals surface area contributed by atoms with E-state index in [1.54, 1.807) is 0 Å². The number of rotatable bonds is 3. The van der Waals surface area contributed by atoms with Gasteiger partial charge in [0.2, 0.25) is 5.95 Å². The van der Waals surface area contributed by atoms with E-state index in [1.807, 2.05) is 0 Å². The lowest BCUT2D eigenvalue weighted by molar-refractivity contribution is 0.140. The summed E-state index contributed by atoms with van der Waals surface area (Å²) in [6.07, 6.45) is -1.89. The topological polar surface area (TPSA) is 48.1 Å². The molecule has 2 N–H and O–H groups in total. The van der Waals surface area contributed by atoms with Gasteiger partial charge in [0, 0.05) is 18.3 Å². The van der Waals surface area contributed by atoms with Crippen LogP contribution in [-0.2, 0) is 6.54 Å². The molecule has 14 heavy (non-hydrogen) atoms. The molecule has 0 atom stereocenters. The average molecular weight is 206 g/mol. The third kappa shape index (κ3) is 1.79. The predicted octanol–water partition coefficient (Wildman–Crippen LogP) is 1.63. The number of hydrogen-bond acceptors (Lipinski definition) is 3. The van der Waals surface area contributed by atoms with Gasteiger partial charge in [0.15, 0.2) is 0 Å². The molecule has 1 aromatic heterocycles. The van der Waals surface area contributed by atoms with Gasteiger partial charge in [0.25, 0.3) is 6.43 Å². The molecule has 6 heteroatoms. The normalized spacial score (nSPS) is 10.7. The van der Waals surface area contributed by atoms with Crippen molar-refractivity contribution in [2.75, 3.05) is 7.11 Å². The van der Waals surface area contributed by atoms with Crippen LogP contribution in [0.4, 0.5) is 13.2 Å². The number of hydrogen-bond donors (Lipinski definition) is 1. The number of nitrogens with two attached hydrogens (primary N) is 1. The first-order valence-electron chi connectivity index (χ1n) is 3.81. The van der Waals surface area contributed by atoms with Gasteiger partial charge >= 0.3 is 0 Å². The summed E-state index contributed by atoms with van der Waals surface area (Å²) in [5, 5.41) is 0. The molecule has 0 aliphatic carbocycles. The molecule has 0 aliphatic rings. The zero-order chi connectivity index (χ0) is 10.7. The zero-order valence-corrected chi connectivity index (χ0v) is 7.43. The third-order valence-electron chi connectivity index (χ3n) is 1.73. The van der Waals surface area contributed by atoms with Crippen LogP contribution >= 0.6 is 0 Å². The average Bonchev–Trinajstić information content (AvgIpc) is 2.16. The minimum absolute atomic E-state index is 0.0316. The Bertz CT molecular complexity index is 331. The van der Waals surface area contributed by atoms with Crippen LogP contribution in [0.5, 0.6) is 5.75 Å². The minimum atomic E-state index is -2.97. The summed E-state index contributed by atoms with van der Waals surface area (Å²) in [6, 6.07) is 0. The molecule has 0 aliphatic heterocycles. The van der Waals surface area contributed by atoms with Crippen molar-refractivity contribution in [3.63, 3.8) is 0 Å². The Labute approximate surface area is 78.7 Å². The second kappa shape index (κ2) is 4.28. The van der Waals surface area contributed by atoms with E-state index in [-0.39, 0.29) is 17.9 Å². The quantitative estimate of drug-likeness (QED) is 0.764. The SMILES string of the molecule is COc1c(CN)cnc(F)c1C(F)F. The summed E-state index contributed by atoms with van der Waals surface area (Å²) >= 11 is 0. The number of halogens is 3. The van der Waals surface area contributed by atoms with Crippen molar-refractivity contribution in [2.45, 2.75) is 13.0 Å². The minimum Gasteiger partial charge on any atom is -0.496 e. The molecule has 78 valence electrons. The second-order valence-electron chi connectivity index (χ2n) is 2.53. The number of alkyl halides is 2. The molecule has 0 fully saturated rings. The van der Waals surface area contributed by atoms with E-state index in [9.17, 15) is 13.2 Å². The Morgan fingerprint density at radius 3 is 2.64 bits per heavy atom. The Balaban J connectivity index is 3.35. The van der Waals surface area contributed by atoms with E-state index in [0.29, 0.717) is 0 Å². The first-order valence-corrected chi connectivity index (χ1v) is 3.81. The largest absolute Gasteiger partial charge is 0.496 e. The van der Waals surface area contributed by atoms with E-state index >= 15 is 0 Å². The molecule has 0 amide bonds. The van der Waals surface area contributed by atoms with Crippen molar-refractivity contribution in [3.8, 4) is 5.75 Å². The van der Waals surface area contributed by atoms with Crippen molar-refractivity contribution >= 4 is 0 Å². The van der Waals surface area contributed by atoms with Crippen molar-refractivity contribution < 1.29 is 17.9 Å². The second-order valence-corrected chi connectivity index (χ2v) is 2.53. The third-order valence-corrected chi connectivity index (χ3v) is 1.73. The molecule has 0 bridgehead atoms. The van der Waals surface area contributed by atoms with Gasteiger partial charge in [-0.15, -0.1) is 0 Å². The molecule has 0 aromatic carbocycles. The summed E-state index contributed by atoms with van der Waals surface area (Å²) in [5.74, 6) is -1.45. The lowest BCUT2D eigenvalue weighted by Gasteiger charge is -2.11. The van der Waals surface area contributed by atoms with Gasteiger partial charge in [-0.1, -0.05) is 0 Å². The van der Waals surface area contributed by atoms with Crippen LogP contribution in [0.2, 0.25) is 0 Å². The number of aromatic nitrogens is 1. The maximum atomic E-state index is 12.9. The highest BCUT2D eigenvalue weighted by Crippen LogP contribution is 2.32. The Morgan fingerprint density at radius 1 is 1.57 bits per heavy atom. The fourth-order valence-electron chi connectivity index (χ4n) is 1.11. The molecule has 0 saturated carbocycles. The molecule has 3 nitrogen and oxygen atoms in total. The van der Waals surface area contributed by atoms with Crippen LogP contribution in [0.1, 0.15) is 17.6 Å². The highest BCUT2D eigenvalue weighted by molar-refractivity contribution is 5.40. The van der Waals surface area contributed by atoms with E-state index in [2.05, 4.69) is 9.72 Å². The Kier molecular flexibility index (Phi) is 3.29. The summed E-state index contributed by atoms with van der Waals surface area (Å²) in [4.78, 5) is 3.17. The van der Waals surface area contributed by atoms with Crippen LogP contribution in [-0.4, -0.2) is 12.1 Å². The van der Waals surface area contributed by atoms with Gasteiger partial charge in [-0.05, 0) is 0 Å². The van der Waals surface area contributed by atoms with Crippen LogP contribution in [0.25, 0.3) is 0 Å². The summed E-state index contributed by atoms with van der Waals surface area (Å²) in [7, 11) is 1.18. The van der Waals surface area contributed by atoms with Crippen molar-refractivity contribution in [3.05, 3.63) is 23.3 Å². The fraction of sp³-hybridized carbons (Fsp3) is 0.375. The number of pyridine rings is 1. The van der Waals surface area contributed by atoms with Gasteiger partial charge in [0.05, 0.1) is 7.11 Å². The Hall–Kier alpha value is -1.30. The van der Waals surface area contributed by atoms with Crippen LogP contribution in [0.3, 0.4) is 0 Å². The fourth-order valence-corrected chi connectivity index (χ4v) is 1.11. The number of methoxy groups -OCH3 is 1. The smallest absolute Gasteiger partial charge is 0.271 e. The van der Waals surface area contributed by atoms with Crippen molar-refractivity contribution in [1.29, 1.82) is 0 Å². The van der Waals surface area contributed by atoms with Gasteiger partial charge in [0.1, 0.15) is 11.3 Å². The molecule has 1 heterocycles. The molecular formula is C8H9F3N2O. The molecular weight excluding hydrogens is 197 g/mol. The van der Waals surface area contributed by atoms with Crippen LogP contribution in [0, 0.1) is 5.95 Å². The zero-order valence-electron chi connectivity index (χ0n) is 7.43.